The van der Waals surface area contributed by atoms with Crippen molar-refractivity contribution in [3.8, 4) is 0 Å². The van der Waals surface area contributed by atoms with Crippen molar-refractivity contribution in [3.05, 3.63) is 0 Å². The lowest BCUT2D eigenvalue weighted by Gasteiger charge is -2.40. The van der Waals surface area contributed by atoms with Crippen LogP contribution in [0.2, 0.25) is 0 Å². The topological polar surface area (TPSA) is 35.5 Å². The van der Waals surface area contributed by atoms with Gasteiger partial charge in [0.25, 0.3) is 0 Å². The molecule has 0 heterocycles. The summed E-state index contributed by atoms with van der Waals surface area (Å²) in [4.78, 5) is 2.56. The van der Waals surface area contributed by atoms with E-state index in [9.17, 15) is 5.11 Å². The lowest BCUT2D eigenvalue weighted by atomic mass is 9.88. The van der Waals surface area contributed by atoms with Gasteiger partial charge in [-0.1, -0.05) is 25.7 Å². The first-order valence-electron chi connectivity index (χ1n) is 7.87. The molecule has 2 N–H and O–H groups in total. The second kappa shape index (κ2) is 7.46. The Labute approximate surface area is 112 Å². The molecule has 106 valence electrons. The van der Waals surface area contributed by atoms with Gasteiger partial charge < -0.3 is 10.4 Å². The molecule has 0 aromatic rings. The SMILES string of the molecule is CNC1CCCCCC1CN(CCO)C1CCC1. The normalized spacial score (nSPS) is 30.2. The molecule has 18 heavy (non-hydrogen) atoms. The zero-order chi connectivity index (χ0) is 12.8. The number of aliphatic hydroxyl groups is 1. The summed E-state index contributed by atoms with van der Waals surface area (Å²) >= 11 is 0. The van der Waals surface area contributed by atoms with Gasteiger partial charge in [0.15, 0.2) is 0 Å². The molecule has 2 atom stereocenters. The molecule has 0 saturated heterocycles. The average molecular weight is 254 g/mol. The van der Waals surface area contributed by atoms with Crippen molar-refractivity contribution in [2.24, 2.45) is 5.92 Å². The van der Waals surface area contributed by atoms with Crippen LogP contribution in [0.15, 0.2) is 0 Å². The zero-order valence-electron chi connectivity index (χ0n) is 11.9. The molecule has 0 aromatic heterocycles. The molecule has 0 aliphatic heterocycles. The highest BCUT2D eigenvalue weighted by molar-refractivity contribution is 4.86. The molecule has 2 saturated carbocycles. The van der Waals surface area contributed by atoms with Gasteiger partial charge in [-0.25, -0.2) is 0 Å². The fourth-order valence-corrected chi connectivity index (χ4v) is 3.59. The summed E-state index contributed by atoms with van der Waals surface area (Å²) in [7, 11) is 2.11. The van der Waals surface area contributed by atoms with Crippen LogP contribution < -0.4 is 5.32 Å². The van der Waals surface area contributed by atoms with E-state index in [1.54, 1.807) is 0 Å². The predicted molar refractivity (Wildman–Crippen MR) is 75.7 cm³/mol. The quantitative estimate of drug-likeness (QED) is 0.712. The Morgan fingerprint density at radius 3 is 2.44 bits per heavy atom. The molecule has 2 unspecified atom stereocenters. The summed E-state index contributed by atoms with van der Waals surface area (Å²) in [5.41, 5.74) is 0. The van der Waals surface area contributed by atoms with E-state index in [1.165, 1.54) is 57.9 Å². The second-order valence-electron chi connectivity index (χ2n) is 6.10. The Morgan fingerprint density at radius 2 is 1.83 bits per heavy atom. The molecule has 2 rings (SSSR count). The molecule has 3 nitrogen and oxygen atoms in total. The van der Waals surface area contributed by atoms with Crippen LogP contribution in [0.4, 0.5) is 0 Å². The Balaban J connectivity index is 1.89. The summed E-state index contributed by atoms with van der Waals surface area (Å²) in [6.07, 6.45) is 10.9. The minimum Gasteiger partial charge on any atom is -0.395 e. The lowest BCUT2D eigenvalue weighted by molar-refractivity contribution is 0.0762. The van der Waals surface area contributed by atoms with Gasteiger partial charge in [-0.2, -0.15) is 0 Å². The second-order valence-corrected chi connectivity index (χ2v) is 6.10. The van der Waals surface area contributed by atoms with E-state index in [0.717, 1.165) is 18.5 Å². The van der Waals surface area contributed by atoms with Crippen LogP contribution in [-0.4, -0.2) is 48.8 Å². The van der Waals surface area contributed by atoms with E-state index < -0.39 is 0 Å². The van der Waals surface area contributed by atoms with E-state index in [0.29, 0.717) is 12.6 Å². The molecule has 3 heteroatoms. The van der Waals surface area contributed by atoms with E-state index >= 15 is 0 Å². The highest BCUT2D eigenvalue weighted by atomic mass is 16.3. The lowest BCUT2D eigenvalue weighted by Crippen LogP contribution is -2.47. The minimum absolute atomic E-state index is 0.313. The number of hydrogen-bond acceptors (Lipinski definition) is 3. The zero-order valence-corrected chi connectivity index (χ0v) is 11.9. The van der Waals surface area contributed by atoms with Crippen molar-refractivity contribution in [1.82, 2.24) is 10.2 Å². The fourth-order valence-electron chi connectivity index (χ4n) is 3.59. The molecular weight excluding hydrogens is 224 g/mol. The van der Waals surface area contributed by atoms with E-state index in [1.807, 2.05) is 0 Å². The van der Waals surface area contributed by atoms with Gasteiger partial charge in [0.1, 0.15) is 0 Å². The predicted octanol–water partition coefficient (Wildman–Crippen LogP) is 2.00. The monoisotopic (exact) mass is 254 g/mol. The van der Waals surface area contributed by atoms with Crippen molar-refractivity contribution >= 4 is 0 Å². The summed E-state index contributed by atoms with van der Waals surface area (Å²) < 4.78 is 0. The van der Waals surface area contributed by atoms with Gasteiger partial charge in [0.05, 0.1) is 6.61 Å². The smallest absolute Gasteiger partial charge is 0.0558 e. The van der Waals surface area contributed by atoms with Crippen molar-refractivity contribution in [1.29, 1.82) is 0 Å². The largest absolute Gasteiger partial charge is 0.395 e. The van der Waals surface area contributed by atoms with Gasteiger partial charge in [0, 0.05) is 25.2 Å². The van der Waals surface area contributed by atoms with Crippen LogP contribution >= 0.6 is 0 Å². The molecule has 2 aliphatic carbocycles. The van der Waals surface area contributed by atoms with E-state index in [2.05, 4.69) is 17.3 Å². The van der Waals surface area contributed by atoms with Gasteiger partial charge in [-0.05, 0) is 38.6 Å². The summed E-state index contributed by atoms with van der Waals surface area (Å²) in [5, 5.41) is 12.8. The van der Waals surface area contributed by atoms with Gasteiger partial charge in [-0.15, -0.1) is 0 Å². The van der Waals surface area contributed by atoms with Crippen LogP contribution in [0.3, 0.4) is 0 Å². The number of aliphatic hydroxyl groups excluding tert-OH is 1. The van der Waals surface area contributed by atoms with Crippen LogP contribution in [0.5, 0.6) is 0 Å². The van der Waals surface area contributed by atoms with Crippen LogP contribution in [-0.2, 0) is 0 Å². The van der Waals surface area contributed by atoms with Crippen molar-refractivity contribution in [3.63, 3.8) is 0 Å². The Hall–Kier alpha value is -0.120. The average Bonchev–Trinajstić information content (AvgIpc) is 2.52. The molecular formula is C15H30N2O. The molecule has 0 bridgehead atoms. The van der Waals surface area contributed by atoms with Crippen LogP contribution in [0, 0.1) is 5.92 Å². The van der Waals surface area contributed by atoms with E-state index in [4.69, 9.17) is 0 Å². The Morgan fingerprint density at radius 1 is 1.06 bits per heavy atom. The summed E-state index contributed by atoms with van der Waals surface area (Å²) in [6.45, 7) is 2.38. The maximum atomic E-state index is 9.26. The molecule has 0 aromatic carbocycles. The molecule has 0 amide bonds. The van der Waals surface area contributed by atoms with Crippen molar-refractivity contribution in [2.45, 2.75) is 63.5 Å². The molecule has 2 fully saturated rings. The number of nitrogens with one attached hydrogen (secondary N) is 1. The fraction of sp³-hybridized carbons (Fsp3) is 1.00. The summed E-state index contributed by atoms with van der Waals surface area (Å²) in [6, 6.07) is 1.45. The summed E-state index contributed by atoms with van der Waals surface area (Å²) in [5.74, 6) is 0.782. The minimum atomic E-state index is 0.313. The highest BCUT2D eigenvalue weighted by Crippen LogP contribution is 2.29. The number of nitrogens with zero attached hydrogens (tertiary/aromatic N) is 1. The molecule has 0 radical (unpaired) electrons. The molecule has 0 spiro atoms. The van der Waals surface area contributed by atoms with Gasteiger partial charge >= 0.3 is 0 Å². The van der Waals surface area contributed by atoms with E-state index in [-0.39, 0.29) is 0 Å². The van der Waals surface area contributed by atoms with Crippen LogP contribution in [0.1, 0.15) is 51.4 Å². The maximum absolute atomic E-state index is 9.26. The first-order valence-corrected chi connectivity index (χ1v) is 7.87. The maximum Gasteiger partial charge on any atom is 0.0558 e. The standard InChI is InChI=1S/C15H30N2O/c1-16-15-9-4-2-3-6-13(15)12-17(10-11-18)14-7-5-8-14/h13-16,18H,2-12H2,1H3. The highest BCUT2D eigenvalue weighted by Gasteiger charge is 2.29. The third kappa shape index (κ3) is 3.69. The third-order valence-electron chi connectivity index (χ3n) is 4.98. The van der Waals surface area contributed by atoms with Crippen molar-refractivity contribution < 1.29 is 5.11 Å². The van der Waals surface area contributed by atoms with Crippen LogP contribution in [0.25, 0.3) is 0 Å². The molecule has 2 aliphatic rings. The number of rotatable bonds is 6. The third-order valence-corrected chi connectivity index (χ3v) is 4.98. The Bertz CT molecular complexity index is 231. The van der Waals surface area contributed by atoms with Gasteiger partial charge in [0.2, 0.25) is 0 Å². The van der Waals surface area contributed by atoms with Gasteiger partial charge in [-0.3, -0.25) is 4.90 Å². The first kappa shape index (κ1) is 14.3. The Kier molecular flexibility index (Phi) is 5.93. The van der Waals surface area contributed by atoms with Crippen molar-refractivity contribution in [2.75, 3.05) is 26.7 Å². The first-order chi connectivity index (χ1) is 8.85. The number of hydrogen-bond donors (Lipinski definition) is 2.